The molecule has 100 valence electrons. The molecule has 0 unspecified atom stereocenters. The van der Waals surface area contributed by atoms with E-state index < -0.39 is 17.8 Å². The number of rotatable bonds is 2. The molecule has 2 nitrogen and oxygen atoms in total. The fourth-order valence-corrected chi connectivity index (χ4v) is 2.35. The normalized spacial score (nSPS) is 24.3. The Labute approximate surface area is 108 Å². The van der Waals surface area contributed by atoms with Gasteiger partial charge in [-0.1, -0.05) is 11.6 Å². The molecule has 1 aliphatic rings. The van der Waals surface area contributed by atoms with Gasteiger partial charge in [0.05, 0.1) is 28.4 Å². The summed E-state index contributed by atoms with van der Waals surface area (Å²) >= 11 is 5.82. The summed E-state index contributed by atoms with van der Waals surface area (Å²) in [6, 6.07) is 3.04. The van der Waals surface area contributed by atoms with E-state index in [4.69, 9.17) is 11.6 Å². The molecule has 18 heavy (non-hydrogen) atoms. The SMILES string of the molecule is O[C@H]1CCC[C@@H]1Nc1ccc(C(F)(F)F)cc1Cl. The lowest BCUT2D eigenvalue weighted by molar-refractivity contribution is -0.137. The van der Waals surface area contributed by atoms with Gasteiger partial charge in [-0.25, -0.2) is 0 Å². The minimum absolute atomic E-state index is 0.0175. The zero-order valence-electron chi connectivity index (χ0n) is 9.47. The third kappa shape index (κ3) is 2.90. The van der Waals surface area contributed by atoms with Crippen LogP contribution in [0.5, 0.6) is 0 Å². The summed E-state index contributed by atoms with van der Waals surface area (Å²) in [5.74, 6) is 0. The molecular formula is C12H13ClF3NO. The standard InChI is InChI=1S/C12H13ClF3NO/c13-8-6-7(12(14,15)16)4-5-9(8)17-10-2-1-3-11(10)18/h4-6,10-11,17-18H,1-3H2/t10-,11-/m0/s1. The molecule has 0 aliphatic heterocycles. The molecule has 2 atom stereocenters. The Kier molecular flexibility index (Phi) is 3.73. The maximum atomic E-state index is 12.4. The highest BCUT2D eigenvalue weighted by molar-refractivity contribution is 6.33. The Balaban J connectivity index is 2.15. The highest BCUT2D eigenvalue weighted by Crippen LogP contribution is 2.34. The molecule has 2 N–H and O–H groups in total. The molecule has 1 aromatic carbocycles. The van der Waals surface area contributed by atoms with Gasteiger partial charge in [0.15, 0.2) is 0 Å². The lowest BCUT2D eigenvalue weighted by Crippen LogP contribution is -2.28. The molecule has 1 saturated carbocycles. The summed E-state index contributed by atoms with van der Waals surface area (Å²) in [5, 5.41) is 12.6. The number of hydrogen-bond acceptors (Lipinski definition) is 2. The van der Waals surface area contributed by atoms with Crippen molar-refractivity contribution in [1.82, 2.24) is 0 Å². The molecule has 0 spiro atoms. The van der Waals surface area contributed by atoms with Gasteiger partial charge in [0, 0.05) is 0 Å². The summed E-state index contributed by atoms with van der Waals surface area (Å²) in [7, 11) is 0. The molecule has 1 aromatic rings. The third-order valence-electron chi connectivity index (χ3n) is 3.12. The number of halogens is 4. The van der Waals surface area contributed by atoms with Gasteiger partial charge in [0.2, 0.25) is 0 Å². The third-order valence-corrected chi connectivity index (χ3v) is 3.43. The maximum Gasteiger partial charge on any atom is 0.416 e. The molecule has 6 heteroatoms. The molecule has 1 fully saturated rings. The number of hydrogen-bond donors (Lipinski definition) is 2. The lowest BCUT2D eigenvalue weighted by Gasteiger charge is -2.19. The first kappa shape index (κ1) is 13.5. The van der Waals surface area contributed by atoms with E-state index in [1.807, 2.05) is 0 Å². The number of aliphatic hydroxyl groups excluding tert-OH is 1. The Morgan fingerprint density at radius 1 is 1.28 bits per heavy atom. The Hall–Kier alpha value is -0.940. The Bertz CT molecular complexity index is 436. The minimum Gasteiger partial charge on any atom is -0.391 e. The number of nitrogens with one attached hydrogen (secondary N) is 1. The highest BCUT2D eigenvalue weighted by Gasteiger charge is 2.31. The van der Waals surface area contributed by atoms with E-state index in [1.165, 1.54) is 6.07 Å². The average molecular weight is 280 g/mol. The second-order valence-corrected chi connectivity index (χ2v) is 4.85. The van der Waals surface area contributed by atoms with Crippen LogP contribution in [-0.2, 0) is 6.18 Å². The number of alkyl halides is 3. The van der Waals surface area contributed by atoms with Crippen molar-refractivity contribution in [3.63, 3.8) is 0 Å². The van der Waals surface area contributed by atoms with E-state index in [2.05, 4.69) is 5.32 Å². The number of anilines is 1. The van der Waals surface area contributed by atoms with E-state index in [-0.39, 0.29) is 11.1 Å². The van der Waals surface area contributed by atoms with Crippen LogP contribution in [0, 0.1) is 0 Å². The largest absolute Gasteiger partial charge is 0.416 e. The topological polar surface area (TPSA) is 32.3 Å². The summed E-state index contributed by atoms with van der Waals surface area (Å²) in [6.07, 6.45) is -2.47. The lowest BCUT2D eigenvalue weighted by atomic mass is 10.1. The van der Waals surface area contributed by atoms with Crippen LogP contribution in [-0.4, -0.2) is 17.3 Å². The number of benzene rings is 1. The molecule has 0 aromatic heterocycles. The van der Waals surface area contributed by atoms with Crippen LogP contribution in [0.15, 0.2) is 18.2 Å². The zero-order valence-corrected chi connectivity index (χ0v) is 10.2. The molecule has 2 rings (SSSR count). The predicted octanol–water partition coefficient (Wildman–Crippen LogP) is 3.68. The highest BCUT2D eigenvalue weighted by atomic mass is 35.5. The smallest absolute Gasteiger partial charge is 0.391 e. The quantitative estimate of drug-likeness (QED) is 0.865. The molecule has 0 amide bonds. The van der Waals surface area contributed by atoms with E-state index >= 15 is 0 Å². The van der Waals surface area contributed by atoms with Gasteiger partial charge in [0.25, 0.3) is 0 Å². The fraction of sp³-hybridized carbons (Fsp3) is 0.500. The van der Waals surface area contributed by atoms with Crippen molar-refractivity contribution >= 4 is 17.3 Å². The molecule has 0 saturated heterocycles. The van der Waals surface area contributed by atoms with Crippen molar-refractivity contribution in [3.05, 3.63) is 28.8 Å². The van der Waals surface area contributed by atoms with Crippen LogP contribution < -0.4 is 5.32 Å². The molecule has 0 radical (unpaired) electrons. The van der Waals surface area contributed by atoms with Gasteiger partial charge in [-0.2, -0.15) is 13.2 Å². The van der Waals surface area contributed by atoms with Crippen molar-refractivity contribution < 1.29 is 18.3 Å². The summed E-state index contributed by atoms with van der Waals surface area (Å²) in [4.78, 5) is 0. The van der Waals surface area contributed by atoms with Gasteiger partial charge >= 0.3 is 6.18 Å². The van der Waals surface area contributed by atoms with E-state index in [9.17, 15) is 18.3 Å². The molecular weight excluding hydrogens is 267 g/mol. The van der Waals surface area contributed by atoms with Crippen molar-refractivity contribution in [2.24, 2.45) is 0 Å². The van der Waals surface area contributed by atoms with Crippen LogP contribution >= 0.6 is 11.6 Å². The van der Waals surface area contributed by atoms with Gasteiger partial charge in [0.1, 0.15) is 0 Å². The second kappa shape index (κ2) is 4.97. The van der Waals surface area contributed by atoms with Gasteiger partial charge in [-0.05, 0) is 37.5 Å². The Morgan fingerprint density at radius 3 is 2.50 bits per heavy atom. The minimum atomic E-state index is -4.39. The first-order valence-corrected chi connectivity index (χ1v) is 6.07. The average Bonchev–Trinajstić information content (AvgIpc) is 2.66. The van der Waals surface area contributed by atoms with E-state index in [0.29, 0.717) is 12.1 Å². The monoisotopic (exact) mass is 279 g/mol. The first-order valence-electron chi connectivity index (χ1n) is 5.69. The van der Waals surface area contributed by atoms with Gasteiger partial charge in [-0.15, -0.1) is 0 Å². The second-order valence-electron chi connectivity index (χ2n) is 4.44. The van der Waals surface area contributed by atoms with Gasteiger partial charge < -0.3 is 10.4 Å². The van der Waals surface area contributed by atoms with Crippen molar-refractivity contribution in [2.45, 2.75) is 37.6 Å². The van der Waals surface area contributed by atoms with Crippen molar-refractivity contribution in [2.75, 3.05) is 5.32 Å². The van der Waals surface area contributed by atoms with Crippen molar-refractivity contribution in [3.8, 4) is 0 Å². The molecule has 0 heterocycles. The zero-order chi connectivity index (χ0) is 13.3. The van der Waals surface area contributed by atoms with Crippen molar-refractivity contribution in [1.29, 1.82) is 0 Å². The van der Waals surface area contributed by atoms with Crippen LogP contribution in [0.2, 0.25) is 5.02 Å². The van der Waals surface area contributed by atoms with Crippen LogP contribution in [0.3, 0.4) is 0 Å². The first-order chi connectivity index (χ1) is 8.38. The van der Waals surface area contributed by atoms with Crippen LogP contribution in [0.25, 0.3) is 0 Å². The fourth-order valence-electron chi connectivity index (χ4n) is 2.12. The summed E-state index contributed by atoms with van der Waals surface area (Å²) in [5.41, 5.74) is -0.347. The number of aliphatic hydroxyl groups is 1. The maximum absolute atomic E-state index is 12.4. The summed E-state index contributed by atoms with van der Waals surface area (Å²) in [6.45, 7) is 0. The molecule has 1 aliphatic carbocycles. The molecule has 0 bridgehead atoms. The Morgan fingerprint density at radius 2 is 2.00 bits per heavy atom. The van der Waals surface area contributed by atoms with E-state index in [0.717, 1.165) is 25.0 Å². The van der Waals surface area contributed by atoms with E-state index in [1.54, 1.807) is 0 Å². The van der Waals surface area contributed by atoms with Crippen LogP contribution in [0.1, 0.15) is 24.8 Å². The summed E-state index contributed by atoms with van der Waals surface area (Å²) < 4.78 is 37.3. The predicted molar refractivity (Wildman–Crippen MR) is 63.7 cm³/mol. The van der Waals surface area contributed by atoms with Crippen LogP contribution in [0.4, 0.5) is 18.9 Å². The van der Waals surface area contributed by atoms with Gasteiger partial charge in [-0.3, -0.25) is 0 Å².